The van der Waals surface area contributed by atoms with Crippen LogP contribution in [0.25, 0.3) is 0 Å². The number of hydrogen-bond acceptors (Lipinski definition) is 5. The summed E-state index contributed by atoms with van der Waals surface area (Å²) in [5, 5.41) is 6.22. The maximum atomic E-state index is 12.8. The molecule has 134 valence electrons. The van der Waals surface area contributed by atoms with Crippen LogP contribution < -0.4 is 16.4 Å². The molecule has 0 radical (unpaired) electrons. The zero-order valence-corrected chi connectivity index (χ0v) is 13.9. The lowest BCUT2D eigenvalue weighted by Gasteiger charge is -2.14. The SMILES string of the molecule is Nc1c(Nc2cccc(C(F)(F)F)c2)ncnc1Nc1ccccc1Cl. The Morgan fingerprint density at radius 1 is 0.923 bits per heavy atom. The van der Waals surface area contributed by atoms with Gasteiger partial charge in [0.15, 0.2) is 11.6 Å². The number of nitrogens with zero attached hydrogens (tertiary/aromatic N) is 2. The predicted octanol–water partition coefficient (Wildman–Crippen LogP) is 5.22. The van der Waals surface area contributed by atoms with Crippen molar-refractivity contribution in [2.75, 3.05) is 16.4 Å². The molecular weight excluding hydrogens is 367 g/mol. The number of nitrogens with one attached hydrogen (secondary N) is 2. The van der Waals surface area contributed by atoms with Gasteiger partial charge in [-0.15, -0.1) is 0 Å². The predicted molar refractivity (Wildman–Crippen MR) is 95.9 cm³/mol. The molecule has 0 aliphatic carbocycles. The second-order valence-corrected chi connectivity index (χ2v) is 5.70. The van der Waals surface area contributed by atoms with Gasteiger partial charge in [0.05, 0.1) is 16.3 Å². The number of para-hydroxylation sites is 1. The summed E-state index contributed by atoms with van der Waals surface area (Å²) in [6.07, 6.45) is -3.20. The summed E-state index contributed by atoms with van der Waals surface area (Å²) in [7, 11) is 0. The minimum atomic E-state index is -4.44. The fourth-order valence-corrected chi connectivity index (χ4v) is 2.38. The maximum Gasteiger partial charge on any atom is 0.416 e. The highest BCUT2D eigenvalue weighted by molar-refractivity contribution is 6.33. The number of hydrogen-bond donors (Lipinski definition) is 3. The van der Waals surface area contributed by atoms with Crippen LogP contribution in [-0.4, -0.2) is 9.97 Å². The van der Waals surface area contributed by atoms with E-state index in [-0.39, 0.29) is 23.0 Å². The number of halogens is 4. The smallest absolute Gasteiger partial charge is 0.393 e. The van der Waals surface area contributed by atoms with Crippen LogP contribution >= 0.6 is 11.6 Å². The van der Waals surface area contributed by atoms with Gasteiger partial charge in [0.2, 0.25) is 0 Å². The van der Waals surface area contributed by atoms with E-state index < -0.39 is 11.7 Å². The molecule has 5 nitrogen and oxygen atoms in total. The number of nitrogens with two attached hydrogens (primary N) is 1. The van der Waals surface area contributed by atoms with Crippen molar-refractivity contribution in [3.05, 3.63) is 65.4 Å². The molecule has 0 atom stereocenters. The number of anilines is 5. The van der Waals surface area contributed by atoms with Gasteiger partial charge in [-0.3, -0.25) is 0 Å². The zero-order chi connectivity index (χ0) is 18.7. The van der Waals surface area contributed by atoms with Gasteiger partial charge in [-0.05, 0) is 30.3 Å². The Balaban J connectivity index is 1.87. The molecule has 26 heavy (non-hydrogen) atoms. The molecule has 1 aromatic heterocycles. The first-order chi connectivity index (χ1) is 12.3. The number of alkyl halides is 3. The van der Waals surface area contributed by atoms with E-state index in [2.05, 4.69) is 20.6 Å². The second kappa shape index (κ2) is 7.09. The highest BCUT2D eigenvalue weighted by atomic mass is 35.5. The molecule has 0 spiro atoms. The van der Waals surface area contributed by atoms with Crippen LogP contribution in [0, 0.1) is 0 Å². The molecule has 0 unspecified atom stereocenters. The van der Waals surface area contributed by atoms with E-state index in [9.17, 15) is 13.2 Å². The molecule has 0 fully saturated rings. The second-order valence-electron chi connectivity index (χ2n) is 5.29. The molecule has 9 heteroatoms. The van der Waals surface area contributed by atoms with Crippen LogP contribution in [0.5, 0.6) is 0 Å². The lowest BCUT2D eigenvalue weighted by Crippen LogP contribution is -2.07. The Hall–Kier alpha value is -3.00. The van der Waals surface area contributed by atoms with Crippen LogP contribution in [0.4, 0.5) is 41.9 Å². The molecule has 2 aromatic carbocycles. The van der Waals surface area contributed by atoms with Gasteiger partial charge in [-0.1, -0.05) is 29.8 Å². The molecule has 0 saturated heterocycles. The summed E-state index contributed by atoms with van der Waals surface area (Å²) in [6, 6.07) is 11.7. The van der Waals surface area contributed by atoms with Gasteiger partial charge in [-0.2, -0.15) is 13.2 Å². The van der Waals surface area contributed by atoms with Gasteiger partial charge >= 0.3 is 6.18 Å². The van der Waals surface area contributed by atoms with Crippen LogP contribution in [0.15, 0.2) is 54.9 Å². The molecule has 4 N–H and O–H groups in total. The van der Waals surface area contributed by atoms with Crippen LogP contribution in [0.1, 0.15) is 5.56 Å². The van der Waals surface area contributed by atoms with Crippen molar-refractivity contribution >= 4 is 40.3 Å². The zero-order valence-electron chi connectivity index (χ0n) is 13.2. The molecular formula is C17H13ClF3N5. The largest absolute Gasteiger partial charge is 0.416 e. The molecule has 3 rings (SSSR count). The normalized spacial score (nSPS) is 11.2. The first kappa shape index (κ1) is 17.8. The third-order valence-corrected chi connectivity index (χ3v) is 3.79. The number of aromatic nitrogens is 2. The highest BCUT2D eigenvalue weighted by Crippen LogP contribution is 2.33. The Bertz CT molecular complexity index is 930. The minimum Gasteiger partial charge on any atom is -0.393 e. The molecule has 0 saturated carbocycles. The van der Waals surface area contributed by atoms with Crippen LogP contribution in [0.3, 0.4) is 0 Å². The average Bonchev–Trinajstić information content (AvgIpc) is 2.60. The Labute approximate surface area is 152 Å². The number of rotatable bonds is 4. The fraction of sp³-hybridized carbons (Fsp3) is 0.0588. The van der Waals surface area contributed by atoms with Gasteiger partial charge in [0.1, 0.15) is 12.0 Å². The summed E-state index contributed by atoms with van der Waals surface area (Å²) in [5.41, 5.74) is 6.20. The van der Waals surface area contributed by atoms with Crippen LogP contribution in [0.2, 0.25) is 5.02 Å². The number of nitrogen functional groups attached to an aromatic ring is 1. The Kier molecular flexibility index (Phi) is 4.85. The summed E-state index contributed by atoms with van der Waals surface area (Å²) in [4.78, 5) is 8.04. The lowest BCUT2D eigenvalue weighted by atomic mass is 10.2. The van der Waals surface area contributed by atoms with Crippen LogP contribution in [-0.2, 0) is 6.18 Å². The topological polar surface area (TPSA) is 75.9 Å². The molecule has 0 bridgehead atoms. The van der Waals surface area contributed by atoms with Crippen molar-refractivity contribution in [3.63, 3.8) is 0 Å². The van der Waals surface area contributed by atoms with Crippen molar-refractivity contribution in [2.24, 2.45) is 0 Å². The number of benzene rings is 2. The molecule has 0 amide bonds. The summed E-state index contributed by atoms with van der Waals surface area (Å²) >= 11 is 6.09. The van der Waals surface area contributed by atoms with E-state index >= 15 is 0 Å². The third kappa shape index (κ3) is 3.97. The fourth-order valence-electron chi connectivity index (χ4n) is 2.19. The Morgan fingerprint density at radius 2 is 1.62 bits per heavy atom. The molecule has 0 aliphatic rings. The first-order valence-electron chi connectivity index (χ1n) is 7.41. The van der Waals surface area contributed by atoms with E-state index in [1.54, 1.807) is 24.3 Å². The van der Waals surface area contributed by atoms with E-state index in [0.29, 0.717) is 10.7 Å². The molecule has 0 aliphatic heterocycles. The van der Waals surface area contributed by atoms with Gasteiger partial charge in [0, 0.05) is 5.69 Å². The minimum absolute atomic E-state index is 0.143. The average molecular weight is 380 g/mol. The summed E-state index contributed by atoms with van der Waals surface area (Å²) in [6.45, 7) is 0. The van der Waals surface area contributed by atoms with Gasteiger partial charge in [-0.25, -0.2) is 9.97 Å². The van der Waals surface area contributed by atoms with Gasteiger partial charge < -0.3 is 16.4 Å². The molecule has 3 aromatic rings. The standard InChI is InChI=1S/C17H13ClF3N5/c18-12-6-1-2-7-13(12)26-16-14(22)15(23-9-24-16)25-11-5-3-4-10(8-11)17(19,20)21/h1-9H,22H2,(H2,23,24,25,26). The van der Waals surface area contributed by atoms with E-state index in [4.69, 9.17) is 17.3 Å². The molecule has 1 heterocycles. The monoisotopic (exact) mass is 379 g/mol. The Morgan fingerprint density at radius 3 is 2.31 bits per heavy atom. The van der Waals surface area contributed by atoms with E-state index in [1.165, 1.54) is 18.5 Å². The van der Waals surface area contributed by atoms with Crippen molar-refractivity contribution in [1.82, 2.24) is 9.97 Å². The van der Waals surface area contributed by atoms with Gasteiger partial charge in [0.25, 0.3) is 0 Å². The quantitative estimate of drug-likeness (QED) is 0.579. The lowest BCUT2D eigenvalue weighted by molar-refractivity contribution is -0.137. The van der Waals surface area contributed by atoms with E-state index in [1.807, 2.05) is 0 Å². The highest BCUT2D eigenvalue weighted by Gasteiger charge is 2.30. The summed E-state index contributed by atoms with van der Waals surface area (Å²) < 4.78 is 38.5. The maximum absolute atomic E-state index is 12.8. The first-order valence-corrected chi connectivity index (χ1v) is 7.78. The van der Waals surface area contributed by atoms with Crippen molar-refractivity contribution < 1.29 is 13.2 Å². The van der Waals surface area contributed by atoms with Crippen molar-refractivity contribution in [1.29, 1.82) is 0 Å². The third-order valence-electron chi connectivity index (χ3n) is 3.46. The summed E-state index contributed by atoms with van der Waals surface area (Å²) in [5.74, 6) is 0.455. The van der Waals surface area contributed by atoms with Crippen molar-refractivity contribution in [3.8, 4) is 0 Å². The van der Waals surface area contributed by atoms with Crippen molar-refractivity contribution in [2.45, 2.75) is 6.18 Å². The van der Waals surface area contributed by atoms with E-state index in [0.717, 1.165) is 12.1 Å².